The smallest absolute Gasteiger partial charge is 0.269 e. The van der Waals surface area contributed by atoms with E-state index in [1.807, 2.05) is 34.0 Å². The van der Waals surface area contributed by atoms with Crippen LogP contribution < -0.4 is 10.6 Å². The summed E-state index contributed by atoms with van der Waals surface area (Å²) in [5.74, 6) is 0.0206. The van der Waals surface area contributed by atoms with Crippen LogP contribution in [0.5, 0.6) is 0 Å². The minimum absolute atomic E-state index is 0.0206. The van der Waals surface area contributed by atoms with Crippen molar-refractivity contribution < 1.29 is 9.72 Å². The van der Waals surface area contributed by atoms with E-state index in [-0.39, 0.29) is 11.6 Å². The molecule has 0 spiro atoms. The fraction of sp³-hybridized carbons (Fsp3) is 0.444. The Kier molecular flexibility index (Phi) is 6.10. The van der Waals surface area contributed by atoms with Crippen molar-refractivity contribution in [3.05, 3.63) is 46.1 Å². The summed E-state index contributed by atoms with van der Waals surface area (Å²) in [6.45, 7) is 7.40. The van der Waals surface area contributed by atoms with Gasteiger partial charge in [-0.3, -0.25) is 19.6 Å². The van der Waals surface area contributed by atoms with Crippen molar-refractivity contribution >= 4 is 11.6 Å². The fourth-order valence-corrected chi connectivity index (χ4v) is 2.40. The summed E-state index contributed by atoms with van der Waals surface area (Å²) < 4.78 is 1.72. The van der Waals surface area contributed by atoms with E-state index in [0.29, 0.717) is 19.6 Å². The molecule has 0 saturated heterocycles. The van der Waals surface area contributed by atoms with Crippen LogP contribution in [-0.2, 0) is 18.4 Å². The van der Waals surface area contributed by atoms with E-state index in [2.05, 4.69) is 15.7 Å². The number of non-ortho nitro benzene ring substituents is 1. The minimum atomic E-state index is -0.420. The molecule has 1 aromatic heterocycles. The number of nitrogens with zero attached hydrogens (tertiary/aromatic N) is 3. The Morgan fingerprint density at radius 3 is 2.46 bits per heavy atom. The van der Waals surface area contributed by atoms with Crippen molar-refractivity contribution in [2.45, 2.75) is 27.3 Å². The number of hydrogen-bond acceptors (Lipinski definition) is 5. The lowest BCUT2D eigenvalue weighted by molar-refractivity contribution is -0.384. The Morgan fingerprint density at radius 2 is 1.88 bits per heavy atom. The number of aromatic nitrogens is 2. The predicted octanol–water partition coefficient (Wildman–Crippen LogP) is 2.25. The zero-order chi connectivity index (χ0) is 19.3. The predicted molar refractivity (Wildman–Crippen MR) is 99.5 cm³/mol. The lowest BCUT2D eigenvalue weighted by atomic mass is 9.96. The zero-order valence-corrected chi connectivity index (χ0v) is 15.6. The van der Waals surface area contributed by atoms with Crippen LogP contribution in [0.1, 0.15) is 26.3 Å². The lowest BCUT2D eigenvalue weighted by Crippen LogP contribution is -2.38. The average molecular weight is 359 g/mol. The highest BCUT2D eigenvalue weighted by atomic mass is 16.6. The summed E-state index contributed by atoms with van der Waals surface area (Å²) in [7, 11) is 1.84. The van der Waals surface area contributed by atoms with Crippen LogP contribution in [0.3, 0.4) is 0 Å². The Hall–Kier alpha value is -2.74. The molecule has 0 aliphatic carbocycles. The van der Waals surface area contributed by atoms with Gasteiger partial charge in [0.25, 0.3) is 5.69 Å². The van der Waals surface area contributed by atoms with Crippen LogP contribution in [0.15, 0.2) is 30.5 Å². The second-order valence-electron chi connectivity index (χ2n) is 7.16. The average Bonchev–Trinajstić information content (AvgIpc) is 2.94. The molecular formula is C18H25N5O3. The lowest BCUT2D eigenvalue weighted by Gasteiger charge is -2.17. The topological polar surface area (TPSA) is 102 Å². The first-order valence-electron chi connectivity index (χ1n) is 8.45. The largest absolute Gasteiger partial charge is 0.354 e. The summed E-state index contributed by atoms with van der Waals surface area (Å²) >= 11 is 0. The maximum absolute atomic E-state index is 11.8. The molecule has 26 heavy (non-hydrogen) atoms. The molecule has 0 radical (unpaired) electrons. The molecule has 8 heteroatoms. The highest BCUT2D eigenvalue weighted by Gasteiger charge is 2.20. The van der Waals surface area contributed by atoms with Gasteiger partial charge in [-0.2, -0.15) is 5.10 Å². The van der Waals surface area contributed by atoms with Crippen molar-refractivity contribution in [1.82, 2.24) is 20.4 Å². The quantitative estimate of drug-likeness (QED) is 0.448. The van der Waals surface area contributed by atoms with Gasteiger partial charge in [-0.05, 0) is 12.1 Å². The van der Waals surface area contributed by atoms with Crippen LogP contribution in [0.2, 0.25) is 0 Å². The van der Waals surface area contributed by atoms with Crippen LogP contribution in [0.25, 0.3) is 11.3 Å². The molecule has 0 aliphatic heterocycles. The Bertz CT molecular complexity index is 775. The number of nitrogens with one attached hydrogen (secondary N) is 2. The summed E-state index contributed by atoms with van der Waals surface area (Å²) in [6.07, 6.45) is 1.91. The molecule has 1 aromatic carbocycles. The van der Waals surface area contributed by atoms with Crippen molar-refractivity contribution in [2.24, 2.45) is 12.5 Å². The number of nitro benzene ring substituents is 1. The molecule has 1 heterocycles. The van der Waals surface area contributed by atoms with Gasteiger partial charge in [-0.25, -0.2) is 0 Å². The molecule has 8 nitrogen and oxygen atoms in total. The third kappa shape index (κ3) is 5.13. The van der Waals surface area contributed by atoms with Gasteiger partial charge in [0.15, 0.2) is 0 Å². The van der Waals surface area contributed by atoms with E-state index in [0.717, 1.165) is 16.8 Å². The van der Waals surface area contributed by atoms with Gasteiger partial charge < -0.3 is 10.6 Å². The van der Waals surface area contributed by atoms with Crippen molar-refractivity contribution in [3.8, 4) is 11.3 Å². The monoisotopic (exact) mass is 359 g/mol. The van der Waals surface area contributed by atoms with E-state index in [4.69, 9.17) is 0 Å². The zero-order valence-electron chi connectivity index (χ0n) is 15.6. The molecule has 1 amide bonds. The van der Waals surface area contributed by atoms with E-state index < -0.39 is 10.3 Å². The van der Waals surface area contributed by atoms with Gasteiger partial charge in [-0.15, -0.1) is 0 Å². The molecule has 0 fully saturated rings. The van der Waals surface area contributed by atoms with Crippen LogP contribution in [0.4, 0.5) is 5.69 Å². The molecule has 2 aromatic rings. The van der Waals surface area contributed by atoms with Gasteiger partial charge in [0.05, 0.1) is 10.6 Å². The SMILES string of the molecule is Cn1cc(CNCCNC(=O)C(C)(C)C)c(-c2ccc([N+](=O)[O-])cc2)n1. The fourth-order valence-electron chi connectivity index (χ4n) is 2.40. The third-order valence-corrected chi connectivity index (χ3v) is 3.84. The van der Waals surface area contributed by atoms with Crippen molar-refractivity contribution in [2.75, 3.05) is 13.1 Å². The summed E-state index contributed by atoms with van der Waals surface area (Å²) in [5.41, 5.74) is 2.26. The van der Waals surface area contributed by atoms with Gasteiger partial charge in [0.1, 0.15) is 0 Å². The third-order valence-electron chi connectivity index (χ3n) is 3.84. The van der Waals surface area contributed by atoms with E-state index in [1.54, 1.807) is 16.8 Å². The molecule has 0 saturated carbocycles. The summed E-state index contributed by atoms with van der Waals surface area (Å²) in [4.78, 5) is 22.2. The standard InChI is InChI=1S/C18H25N5O3/c1-18(2,3)17(24)20-10-9-19-11-14-12-22(4)21-16(14)13-5-7-15(8-6-13)23(25)26/h5-8,12,19H,9-11H2,1-4H3,(H,20,24). The first kappa shape index (κ1) is 19.6. The van der Waals surface area contributed by atoms with Gasteiger partial charge >= 0.3 is 0 Å². The minimum Gasteiger partial charge on any atom is -0.354 e. The summed E-state index contributed by atoms with van der Waals surface area (Å²) in [5, 5.41) is 21.4. The number of benzene rings is 1. The molecule has 0 bridgehead atoms. The van der Waals surface area contributed by atoms with E-state index in [1.165, 1.54) is 12.1 Å². The number of carbonyl (C=O) groups excluding carboxylic acids is 1. The van der Waals surface area contributed by atoms with E-state index in [9.17, 15) is 14.9 Å². The number of rotatable bonds is 7. The van der Waals surface area contributed by atoms with Crippen LogP contribution in [-0.4, -0.2) is 33.7 Å². The first-order valence-corrected chi connectivity index (χ1v) is 8.45. The van der Waals surface area contributed by atoms with Crippen LogP contribution >= 0.6 is 0 Å². The number of amides is 1. The van der Waals surface area contributed by atoms with Crippen molar-refractivity contribution in [1.29, 1.82) is 0 Å². The van der Waals surface area contributed by atoms with Gasteiger partial charge in [-0.1, -0.05) is 20.8 Å². The second-order valence-corrected chi connectivity index (χ2v) is 7.16. The van der Waals surface area contributed by atoms with E-state index >= 15 is 0 Å². The van der Waals surface area contributed by atoms with Gasteiger partial charge in [0, 0.05) is 61.6 Å². The van der Waals surface area contributed by atoms with Crippen LogP contribution in [0, 0.1) is 15.5 Å². The molecule has 2 N–H and O–H groups in total. The second kappa shape index (κ2) is 8.09. The number of hydrogen-bond donors (Lipinski definition) is 2. The highest BCUT2D eigenvalue weighted by Crippen LogP contribution is 2.24. The highest BCUT2D eigenvalue weighted by molar-refractivity contribution is 5.81. The molecule has 0 unspecified atom stereocenters. The Morgan fingerprint density at radius 1 is 1.23 bits per heavy atom. The van der Waals surface area contributed by atoms with Crippen molar-refractivity contribution in [3.63, 3.8) is 0 Å². The molecular weight excluding hydrogens is 334 g/mol. The molecule has 140 valence electrons. The number of nitro groups is 1. The van der Waals surface area contributed by atoms with Gasteiger partial charge in [0.2, 0.25) is 5.91 Å². The maximum Gasteiger partial charge on any atom is 0.269 e. The Balaban J connectivity index is 1.95. The normalized spacial score (nSPS) is 11.4. The Labute approximate surface area is 152 Å². The number of aryl methyl sites for hydroxylation is 1. The first-order chi connectivity index (χ1) is 12.2. The molecule has 0 aliphatic rings. The molecule has 0 atom stereocenters. The number of carbonyl (C=O) groups is 1. The summed E-state index contributed by atoms with van der Waals surface area (Å²) in [6, 6.07) is 6.35. The molecule has 2 rings (SSSR count). The maximum atomic E-state index is 11.8.